The number of piperazine rings is 1. The van der Waals surface area contributed by atoms with Gasteiger partial charge in [0, 0.05) is 39.3 Å². The minimum absolute atomic E-state index is 0.0526. The predicted octanol–water partition coefficient (Wildman–Crippen LogP) is -0.756. The Kier molecular flexibility index (Phi) is 7.19. The molecule has 19 heavy (non-hydrogen) atoms. The van der Waals surface area contributed by atoms with Gasteiger partial charge in [0.15, 0.2) is 0 Å². The summed E-state index contributed by atoms with van der Waals surface area (Å²) >= 11 is 0. The van der Waals surface area contributed by atoms with Gasteiger partial charge in [0.2, 0.25) is 5.91 Å². The summed E-state index contributed by atoms with van der Waals surface area (Å²) in [5.74, 6) is 2.73. The van der Waals surface area contributed by atoms with Gasteiger partial charge in [-0.3, -0.25) is 14.6 Å². The first-order valence-electron chi connectivity index (χ1n) is 6.59. The van der Waals surface area contributed by atoms with Crippen molar-refractivity contribution in [1.29, 1.82) is 0 Å². The molecule has 0 aromatic rings. The Morgan fingerprint density at radius 1 is 1.42 bits per heavy atom. The third-order valence-corrected chi connectivity index (χ3v) is 3.20. The molecule has 1 fully saturated rings. The van der Waals surface area contributed by atoms with Gasteiger partial charge in [-0.05, 0) is 0 Å². The molecule has 0 aromatic heterocycles. The fraction of sp³-hybridized carbons (Fsp3) is 0.643. The summed E-state index contributed by atoms with van der Waals surface area (Å²) in [7, 11) is 0. The molecule has 1 saturated heterocycles. The summed E-state index contributed by atoms with van der Waals surface area (Å²) in [5.41, 5.74) is 0. The van der Waals surface area contributed by atoms with Crippen LogP contribution < -0.4 is 0 Å². The summed E-state index contributed by atoms with van der Waals surface area (Å²) in [6.07, 6.45) is 7.02. The van der Waals surface area contributed by atoms with Crippen LogP contribution in [0.5, 0.6) is 0 Å². The van der Waals surface area contributed by atoms with Gasteiger partial charge in [0.1, 0.15) is 0 Å². The van der Waals surface area contributed by atoms with Gasteiger partial charge in [-0.25, -0.2) is 0 Å². The third kappa shape index (κ3) is 5.43. The van der Waals surface area contributed by atoms with Gasteiger partial charge < -0.3 is 10.0 Å². The van der Waals surface area contributed by atoms with E-state index in [1.807, 2.05) is 9.80 Å². The molecule has 0 unspecified atom stereocenters. The summed E-state index contributed by atoms with van der Waals surface area (Å²) in [5, 5.41) is 8.95. The number of hydrogen-bond acceptors (Lipinski definition) is 4. The van der Waals surface area contributed by atoms with Crippen LogP contribution in [0.25, 0.3) is 0 Å². The lowest BCUT2D eigenvalue weighted by atomic mass is 10.3. The van der Waals surface area contributed by atoms with Crippen molar-refractivity contribution < 1.29 is 9.90 Å². The monoisotopic (exact) mass is 265 g/mol. The van der Waals surface area contributed by atoms with E-state index in [0.29, 0.717) is 26.2 Å². The average Bonchev–Trinajstić information content (AvgIpc) is 2.40. The van der Waals surface area contributed by atoms with E-state index in [9.17, 15) is 4.79 Å². The van der Waals surface area contributed by atoms with Crippen LogP contribution in [0.4, 0.5) is 0 Å². The van der Waals surface area contributed by atoms with Crippen LogP contribution in [-0.4, -0.2) is 84.7 Å². The van der Waals surface area contributed by atoms with E-state index >= 15 is 0 Å². The van der Waals surface area contributed by atoms with E-state index in [1.54, 1.807) is 6.08 Å². The molecule has 0 aliphatic carbocycles. The van der Waals surface area contributed by atoms with Crippen LogP contribution in [-0.2, 0) is 4.79 Å². The molecular formula is C14H23N3O2. The maximum atomic E-state index is 12.1. The van der Waals surface area contributed by atoms with Crippen molar-refractivity contribution in [3.63, 3.8) is 0 Å². The van der Waals surface area contributed by atoms with Crippen LogP contribution in [0, 0.1) is 12.3 Å². The first-order valence-corrected chi connectivity index (χ1v) is 6.59. The molecule has 0 atom stereocenters. The molecule has 1 aliphatic heterocycles. The third-order valence-electron chi connectivity index (χ3n) is 3.20. The van der Waals surface area contributed by atoms with Gasteiger partial charge >= 0.3 is 0 Å². The molecular weight excluding hydrogens is 242 g/mol. The Morgan fingerprint density at radius 3 is 2.63 bits per heavy atom. The van der Waals surface area contributed by atoms with E-state index in [-0.39, 0.29) is 12.5 Å². The molecule has 0 spiro atoms. The summed E-state index contributed by atoms with van der Waals surface area (Å²) in [6.45, 7) is 8.91. The first-order chi connectivity index (χ1) is 9.21. The van der Waals surface area contributed by atoms with Crippen molar-refractivity contribution in [1.82, 2.24) is 14.7 Å². The van der Waals surface area contributed by atoms with Crippen molar-refractivity contribution in [2.75, 3.05) is 59.0 Å². The van der Waals surface area contributed by atoms with E-state index in [2.05, 4.69) is 17.4 Å². The fourth-order valence-corrected chi connectivity index (χ4v) is 2.13. The van der Waals surface area contributed by atoms with Crippen LogP contribution in [0.1, 0.15) is 0 Å². The average molecular weight is 265 g/mol. The van der Waals surface area contributed by atoms with Gasteiger partial charge in [-0.15, -0.1) is 13.0 Å². The second-order valence-corrected chi connectivity index (χ2v) is 4.61. The highest BCUT2D eigenvalue weighted by Crippen LogP contribution is 2.03. The predicted molar refractivity (Wildman–Crippen MR) is 75.6 cm³/mol. The molecule has 106 valence electrons. The van der Waals surface area contributed by atoms with E-state index in [1.165, 1.54) is 0 Å². The number of aliphatic hydroxyl groups excluding tert-OH is 1. The van der Waals surface area contributed by atoms with Gasteiger partial charge in [0.05, 0.1) is 19.7 Å². The number of aliphatic hydroxyl groups is 1. The van der Waals surface area contributed by atoms with Crippen LogP contribution in [0.3, 0.4) is 0 Å². The lowest BCUT2D eigenvalue weighted by molar-refractivity contribution is -0.134. The van der Waals surface area contributed by atoms with Crippen molar-refractivity contribution in [2.24, 2.45) is 0 Å². The molecule has 1 N–H and O–H groups in total. The largest absolute Gasteiger partial charge is 0.395 e. The maximum absolute atomic E-state index is 12.1. The molecule has 5 heteroatoms. The second-order valence-electron chi connectivity index (χ2n) is 4.61. The Bertz CT molecular complexity index is 330. The number of carbonyl (C=O) groups is 1. The van der Waals surface area contributed by atoms with Crippen LogP contribution in [0.15, 0.2) is 12.7 Å². The zero-order chi connectivity index (χ0) is 14.1. The molecule has 5 nitrogen and oxygen atoms in total. The topological polar surface area (TPSA) is 47.0 Å². The highest BCUT2D eigenvalue weighted by atomic mass is 16.3. The smallest absolute Gasteiger partial charge is 0.236 e. The lowest BCUT2D eigenvalue weighted by Crippen LogP contribution is -2.51. The molecule has 1 rings (SSSR count). The van der Waals surface area contributed by atoms with Crippen molar-refractivity contribution in [2.45, 2.75) is 0 Å². The zero-order valence-electron chi connectivity index (χ0n) is 11.4. The first kappa shape index (κ1) is 15.7. The number of carbonyl (C=O) groups excluding carboxylic acids is 1. The minimum atomic E-state index is 0.0526. The Labute approximate surface area is 115 Å². The standard InChI is InChI=1S/C14H23N3O2/c1-3-5-15-7-9-17(10-8-15)14(19)13-16(6-4-2)11-12-18/h1,4,18H,2,5-13H2. The zero-order valence-corrected chi connectivity index (χ0v) is 11.4. The normalized spacial score (nSPS) is 16.4. The summed E-state index contributed by atoms with van der Waals surface area (Å²) < 4.78 is 0. The Morgan fingerprint density at radius 2 is 2.11 bits per heavy atom. The molecule has 0 aromatic carbocycles. The quantitative estimate of drug-likeness (QED) is 0.486. The number of hydrogen-bond donors (Lipinski definition) is 1. The van der Waals surface area contributed by atoms with Crippen LogP contribution in [0.2, 0.25) is 0 Å². The van der Waals surface area contributed by atoms with Crippen molar-refractivity contribution in [3.05, 3.63) is 12.7 Å². The molecule has 0 saturated carbocycles. The molecule has 1 amide bonds. The lowest BCUT2D eigenvalue weighted by Gasteiger charge is -2.34. The SMILES string of the molecule is C#CCN1CCN(C(=O)CN(CC=C)CCO)CC1. The van der Waals surface area contributed by atoms with Gasteiger partial charge in [-0.1, -0.05) is 12.0 Å². The molecule has 1 heterocycles. The Hall–Kier alpha value is -1.35. The maximum Gasteiger partial charge on any atom is 0.236 e. The summed E-state index contributed by atoms with van der Waals surface area (Å²) in [4.78, 5) is 18.1. The van der Waals surface area contributed by atoms with Crippen molar-refractivity contribution in [3.8, 4) is 12.3 Å². The van der Waals surface area contributed by atoms with Crippen molar-refractivity contribution >= 4 is 5.91 Å². The second kappa shape index (κ2) is 8.70. The summed E-state index contributed by atoms with van der Waals surface area (Å²) in [6, 6.07) is 0. The number of amides is 1. The molecule has 1 aliphatic rings. The number of terminal acetylenes is 1. The molecule has 0 radical (unpaired) electrons. The number of nitrogens with zero attached hydrogens (tertiary/aromatic N) is 3. The fourth-order valence-electron chi connectivity index (χ4n) is 2.13. The molecule has 0 bridgehead atoms. The minimum Gasteiger partial charge on any atom is -0.395 e. The highest BCUT2D eigenvalue weighted by Gasteiger charge is 2.21. The van der Waals surface area contributed by atoms with E-state index in [4.69, 9.17) is 11.5 Å². The van der Waals surface area contributed by atoms with E-state index in [0.717, 1.165) is 26.2 Å². The van der Waals surface area contributed by atoms with Gasteiger partial charge in [-0.2, -0.15) is 0 Å². The van der Waals surface area contributed by atoms with E-state index < -0.39 is 0 Å². The van der Waals surface area contributed by atoms with Crippen LogP contribution >= 0.6 is 0 Å². The highest BCUT2D eigenvalue weighted by molar-refractivity contribution is 5.78. The van der Waals surface area contributed by atoms with Gasteiger partial charge in [0.25, 0.3) is 0 Å². The number of rotatable bonds is 7. The Balaban J connectivity index is 2.37.